The van der Waals surface area contributed by atoms with Gasteiger partial charge in [0.25, 0.3) is 0 Å². The molecule has 33 heavy (non-hydrogen) atoms. The lowest BCUT2D eigenvalue weighted by molar-refractivity contribution is -0.165. The number of esters is 1. The first-order chi connectivity index (χ1) is 16.0. The minimum atomic E-state index is -0.806. The highest BCUT2D eigenvalue weighted by atomic mass is 16.5. The van der Waals surface area contributed by atoms with E-state index in [-0.39, 0.29) is 18.4 Å². The average Bonchev–Trinajstić information content (AvgIpc) is 2.84. The van der Waals surface area contributed by atoms with Gasteiger partial charge in [0, 0.05) is 6.54 Å². The molecule has 0 aromatic heterocycles. The van der Waals surface area contributed by atoms with E-state index >= 15 is 0 Å². The fraction of sp³-hybridized carbons (Fsp3) is 0.214. The number of hydrogen-bond donors (Lipinski definition) is 0. The molecule has 4 rings (SSSR count). The van der Waals surface area contributed by atoms with E-state index in [1.54, 1.807) is 4.90 Å². The lowest BCUT2D eigenvalue weighted by Crippen LogP contribution is -2.56. The predicted octanol–water partition coefficient (Wildman–Crippen LogP) is 5.08. The molecule has 1 heterocycles. The van der Waals surface area contributed by atoms with E-state index in [0.29, 0.717) is 24.5 Å². The maximum absolute atomic E-state index is 13.1. The molecule has 0 bridgehead atoms. The number of likely N-dealkylation sites (tertiary alicyclic amines) is 1. The van der Waals surface area contributed by atoms with Gasteiger partial charge < -0.3 is 14.4 Å². The molecule has 0 spiro atoms. The highest BCUT2D eigenvalue weighted by molar-refractivity contribution is 5.92. The van der Waals surface area contributed by atoms with Crippen molar-refractivity contribution >= 4 is 11.9 Å². The van der Waals surface area contributed by atoms with Gasteiger partial charge in [0.1, 0.15) is 19.0 Å². The minimum absolute atomic E-state index is 0.103. The normalized spacial score (nSPS) is 16.0. The van der Waals surface area contributed by atoms with Crippen molar-refractivity contribution in [3.8, 4) is 5.75 Å². The second-order valence-electron chi connectivity index (χ2n) is 8.23. The molecule has 0 N–H and O–H groups in total. The van der Waals surface area contributed by atoms with E-state index in [9.17, 15) is 9.59 Å². The number of amides is 1. The van der Waals surface area contributed by atoms with E-state index in [1.165, 1.54) is 0 Å². The second kappa shape index (κ2) is 10.2. The molecule has 0 unspecified atom stereocenters. The summed E-state index contributed by atoms with van der Waals surface area (Å²) in [6, 6.07) is 25.8. The van der Waals surface area contributed by atoms with E-state index in [2.05, 4.69) is 6.58 Å². The lowest BCUT2D eigenvalue weighted by atomic mass is 9.88. The molecule has 0 saturated carbocycles. The molecule has 3 aromatic carbocycles. The Morgan fingerprint density at radius 2 is 1.52 bits per heavy atom. The molecule has 5 nitrogen and oxygen atoms in total. The predicted molar refractivity (Wildman–Crippen MR) is 126 cm³/mol. The highest BCUT2D eigenvalue weighted by Gasteiger charge is 2.45. The Labute approximate surface area is 194 Å². The zero-order chi connectivity index (χ0) is 23.2. The van der Waals surface area contributed by atoms with Crippen LogP contribution in [0.2, 0.25) is 0 Å². The van der Waals surface area contributed by atoms with Crippen molar-refractivity contribution in [2.24, 2.45) is 5.92 Å². The number of rotatable bonds is 9. The monoisotopic (exact) mass is 441 g/mol. The van der Waals surface area contributed by atoms with Crippen molar-refractivity contribution in [1.82, 2.24) is 4.90 Å². The molecule has 2 atom stereocenters. The summed E-state index contributed by atoms with van der Waals surface area (Å²) in [7, 11) is 0. The Morgan fingerprint density at radius 1 is 0.939 bits per heavy atom. The lowest BCUT2D eigenvalue weighted by Gasteiger charge is -2.43. The van der Waals surface area contributed by atoms with Crippen molar-refractivity contribution < 1.29 is 19.1 Å². The van der Waals surface area contributed by atoms with Gasteiger partial charge in [-0.15, -0.1) is 0 Å². The summed E-state index contributed by atoms with van der Waals surface area (Å²) in [6.45, 7) is 6.78. The summed E-state index contributed by atoms with van der Waals surface area (Å²) in [5.41, 5.74) is 3.45. The molecule has 1 amide bonds. The molecule has 3 aromatic rings. The van der Waals surface area contributed by atoms with Crippen LogP contribution in [0, 0.1) is 5.92 Å². The summed E-state index contributed by atoms with van der Waals surface area (Å²) < 4.78 is 11.4. The number of carbonyl (C=O) groups is 2. The topological polar surface area (TPSA) is 55.8 Å². The molecular weight excluding hydrogens is 414 g/mol. The third kappa shape index (κ3) is 5.32. The molecule has 5 heteroatoms. The van der Waals surface area contributed by atoms with Crippen LogP contribution in [0.15, 0.2) is 97.1 Å². The van der Waals surface area contributed by atoms with Crippen molar-refractivity contribution in [3.63, 3.8) is 0 Å². The molecule has 1 aliphatic rings. The first kappa shape index (κ1) is 22.3. The van der Waals surface area contributed by atoms with Gasteiger partial charge in [-0.2, -0.15) is 0 Å². The molecular formula is C28H27NO4. The maximum atomic E-state index is 13.1. The van der Waals surface area contributed by atoms with Crippen LogP contribution in [0.5, 0.6) is 5.75 Å². The molecule has 1 fully saturated rings. The van der Waals surface area contributed by atoms with E-state index in [1.807, 2.05) is 91.9 Å². The fourth-order valence-electron chi connectivity index (χ4n) is 3.79. The third-order valence-corrected chi connectivity index (χ3v) is 5.76. The number of carbonyl (C=O) groups excluding carboxylic acids is 2. The van der Waals surface area contributed by atoms with Crippen LogP contribution >= 0.6 is 0 Å². The first-order valence-corrected chi connectivity index (χ1v) is 11.0. The Hall–Kier alpha value is -3.86. The summed E-state index contributed by atoms with van der Waals surface area (Å²) in [4.78, 5) is 27.4. The van der Waals surface area contributed by atoms with Crippen LogP contribution in [0.3, 0.4) is 0 Å². The molecule has 0 radical (unpaired) electrons. The van der Waals surface area contributed by atoms with Gasteiger partial charge in [-0.1, -0.05) is 84.9 Å². The van der Waals surface area contributed by atoms with Gasteiger partial charge in [0.15, 0.2) is 6.04 Å². The highest BCUT2D eigenvalue weighted by Crippen LogP contribution is 2.34. The molecule has 1 saturated heterocycles. The van der Waals surface area contributed by atoms with Gasteiger partial charge >= 0.3 is 5.97 Å². The average molecular weight is 442 g/mol. The Kier molecular flexibility index (Phi) is 6.89. The van der Waals surface area contributed by atoms with Crippen molar-refractivity contribution in [3.05, 3.63) is 114 Å². The number of benzene rings is 3. The Balaban J connectivity index is 1.48. The largest absolute Gasteiger partial charge is 0.489 e. The molecule has 168 valence electrons. The first-order valence-electron chi connectivity index (χ1n) is 11.0. The summed E-state index contributed by atoms with van der Waals surface area (Å²) >= 11 is 0. The zero-order valence-electron chi connectivity index (χ0n) is 18.6. The van der Waals surface area contributed by atoms with Crippen LogP contribution in [0.4, 0.5) is 0 Å². The van der Waals surface area contributed by atoms with Gasteiger partial charge in [-0.25, -0.2) is 4.79 Å². The number of nitrogens with zero attached hydrogens (tertiary/aromatic N) is 1. The summed E-state index contributed by atoms with van der Waals surface area (Å²) in [5.74, 6) is -0.115. The van der Waals surface area contributed by atoms with Gasteiger partial charge in [0.2, 0.25) is 5.91 Å². The van der Waals surface area contributed by atoms with Crippen LogP contribution < -0.4 is 4.74 Å². The second-order valence-corrected chi connectivity index (χ2v) is 8.23. The van der Waals surface area contributed by atoms with Crippen molar-refractivity contribution in [2.45, 2.75) is 26.2 Å². The Morgan fingerprint density at radius 3 is 2.06 bits per heavy atom. The van der Waals surface area contributed by atoms with Crippen LogP contribution in [-0.4, -0.2) is 23.3 Å². The number of ether oxygens (including phenoxy) is 2. The Bertz CT molecular complexity index is 1110. The van der Waals surface area contributed by atoms with Crippen LogP contribution in [-0.2, 0) is 27.5 Å². The summed E-state index contributed by atoms with van der Waals surface area (Å²) in [6.07, 6.45) is 0. The van der Waals surface area contributed by atoms with Crippen LogP contribution in [0.25, 0.3) is 0 Å². The number of hydrogen-bond acceptors (Lipinski definition) is 4. The van der Waals surface area contributed by atoms with Crippen LogP contribution in [0.1, 0.15) is 29.7 Å². The minimum Gasteiger partial charge on any atom is -0.489 e. The van der Waals surface area contributed by atoms with E-state index in [4.69, 9.17) is 9.47 Å². The van der Waals surface area contributed by atoms with Gasteiger partial charge in [-0.05, 0) is 35.7 Å². The third-order valence-electron chi connectivity index (χ3n) is 5.76. The molecule has 1 aliphatic heterocycles. The van der Waals surface area contributed by atoms with E-state index < -0.39 is 12.0 Å². The zero-order valence-corrected chi connectivity index (χ0v) is 18.6. The SMILES string of the molecule is C=C(C)[C@@H]1CN([C@@H](C(=O)OCc2ccccc2)c2ccc(OCc3ccccc3)cc2)C1=O. The van der Waals surface area contributed by atoms with E-state index in [0.717, 1.165) is 16.7 Å². The smallest absolute Gasteiger partial charge is 0.333 e. The van der Waals surface area contributed by atoms with Crippen molar-refractivity contribution in [2.75, 3.05) is 6.54 Å². The standard InChI is InChI=1S/C28H27NO4/c1-20(2)25-17-29(27(25)30)26(28(31)33-19-22-11-7-4-8-12-22)23-13-15-24(16-14-23)32-18-21-9-5-3-6-10-21/h3-16,25-26H,1,17-19H2,2H3/t25-,26+/m0/s1. The quantitative estimate of drug-likeness (QED) is 0.264. The summed E-state index contributed by atoms with van der Waals surface area (Å²) in [5, 5.41) is 0. The molecule has 0 aliphatic carbocycles. The number of β-lactam (4-membered cyclic amide) rings is 1. The van der Waals surface area contributed by atoms with Crippen molar-refractivity contribution in [1.29, 1.82) is 0 Å². The fourth-order valence-corrected chi connectivity index (χ4v) is 3.79. The van der Waals surface area contributed by atoms with Gasteiger partial charge in [0.05, 0.1) is 5.92 Å². The maximum Gasteiger partial charge on any atom is 0.333 e. The van der Waals surface area contributed by atoms with Gasteiger partial charge in [-0.3, -0.25) is 4.79 Å².